The van der Waals surface area contributed by atoms with Gasteiger partial charge >= 0.3 is 5.69 Å². The third-order valence-corrected chi connectivity index (χ3v) is 5.70. The molecule has 3 heterocycles. The molecule has 1 aromatic carbocycles. The highest BCUT2D eigenvalue weighted by atomic mass is 16.1. The van der Waals surface area contributed by atoms with Crippen molar-refractivity contribution in [2.24, 2.45) is 0 Å². The van der Waals surface area contributed by atoms with Crippen LogP contribution in [0.15, 0.2) is 53.7 Å². The Balaban J connectivity index is 1.66. The topological polar surface area (TPSA) is 94.3 Å². The highest BCUT2D eigenvalue weighted by molar-refractivity contribution is 5.69. The van der Waals surface area contributed by atoms with Gasteiger partial charge in [0.15, 0.2) is 0 Å². The minimum absolute atomic E-state index is 0.0619. The molecule has 4 rings (SSSR count). The van der Waals surface area contributed by atoms with Crippen LogP contribution in [0.3, 0.4) is 0 Å². The van der Waals surface area contributed by atoms with E-state index in [1.807, 2.05) is 51.9 Å². The van der Waals surface area contributed by atoms with Gasteiger partial charge in [-0.3, -0.25) is 14.1 Å². The van der Waals surface area contributed by atoms with E-state index in [0.29, 0.717) is 12.4 Å². The molecule has 0 unspecified atom stereocenters. The SMILES string of the molecule is CCCCc1cn(CCCC)c(=O)n1Cc1cnccc1-c1ccc(-c2nn[nH]n2)cc1. The minimum Gasteiger partial charge on any atom is -0.299 e. The third-order valence-electron chi connectivity index (χ3n) is 5.70. The molecule has 166 valence electrons. The van der Waals surface area contributed by atoms with Gasteiger partial charge in [0.2, 0.25) is 5.82 Å². The summed E-state index contributed by atoms with van der Waals surface area (Å²) in [5, 5.41) is 14.2. The van der Waals surface area contributed by atoms with E-state index in [2.05, 4.69) is 39.5 Å². The molecule has 0 saturated heterocycles. The number of unbranched alkanes of at least 4 members (excludes halogenated alkanes) is 2. The summed E-state index contributed by atoms with van der Waals surface area (Å²) in [4.78, 5) is 17.5. The fraction of sp³-hybridized carbons (Fsp3) is 0.375. The maximum absolute atomic E-state index is 13.2. The van der Waals surface area contributed by atoms with Crippen LogP contribution in [0.5, 0.6) is 0 Å². The zero-order valence-corrected chi connectivity index (χ0v) is 18.7. The Kier molecular flexibility index (Phi) is 6.89. The van der Waals surface area contributed by atoms with E-state index < -0.39 is 0 Å². The van der Waals surface area contributed by atoms with Crippen LogP contribution in [0.4, 0.5) is 0 Å². The smallest absolute Gasteiger partial charge is 0.299 e. The van der Waals surface area contributed by atoms with Crippen molar-refractivity contribution in [2.75, 3.05) is 0 Å². The number of rotatable bonds is 10. The van der Waals surface area contributed by atoms with Gasteiger partial charge in [-0.15, -0.1) is 10.2 Å². The summed E-state index contributed by atoms with van der Waals surface area (Å²) >= 11 is 0. The predicted molar refractivity (Wildman–Crippen MR) is 124 cm³/mol. The lowest BCUT2D eigenvalue weighted by Gasteiger charge is -2.12. The van der Waals surface area contributed by atoms with Crippen molar-refractivity contribution >= 4 is 0 Å². The van der Waals surface area contributed by atoms with Crippen LogP contribution in [0, 0.1) is 0 Å². The molecule has 1 N–H and O–H groups in total. The fourth-order valence-electron chi connectivity index (χ4n) is 3.89. The number of nitrogens with one attached hydrogen (secondary N) is 1. The van der Waals surface area contributed by atoms with E-state index in [9.17, 15) is 4.79 Å². The van der Waals surface area contributed by atoms with Crippen LogP contribution in [0.25, 0.3) is 22.5 Å². The monoisotopic (exact) mass is 431 g/mol. The largest absolute Gasteiger partial charge is 0.328 e. The van der Waals surface area contributed by atoms with Crippen LogP contribution < -0.4 is 5.69 Å². The first-order valence-electron chi connectivity index (χ1n) is 11.3. The molecule has 3 aromatic heterocycles. The molecule has 8 heteroatoms. The van der Waals surface area contributed by atoms with Gasteiger partial charge < -0.3 is 0 Å². The highest BCUT2D eigenvalue weighted by Crippen LogP contribution is 2.26. The summed E-state index contributed by atoms with van der Waals surface area (Å²) in [5.74, 6) is 0.562. The van der Waals surface area contributed by atoms with E-state index in [1.165, 1.54) is 0 Å². The molecule has 0 atom stereocenters. The van der Waals surface area contributed by atoms with Gasteiger partial charge in [-0.25, -0.2) is 4.79 Å². The highest BCUT2D eigenvalue weighted by Gasteiger charge is 2.14. The van der Waals surface area contributed by atoms with E-state index >= 15 is 0 Å². The first kappa shape index (κ1) is 21.7. The summed E-state index contributed by atoms with van der Waals surface area (Å²) in [7, 11) is 0. The molecule has 0 aliphatic rings. The van der Waals surface area contributed by atoms with Gasteiger partial charge in [0.1, 0.15) is 0 Å². The zero-order chi connectivity index (χ0) is 22.3. The molecule has 0 bridgehead atoms. The Morgan fingerprint density at radius 2 is 1.78 bits per heavy atom. The number of imidazole rings is 1. The average Bonchev–Trinajstić information content (AvgIpc) is 3.46. The summed E-state index contributed by atoms with van der Waals surface area (Å²) < 4.78 is 3.78. The molecular formula is C24H29N7O. The Hall–Kier alpha value is -3.55. The van der Waals surface area contributed by atoms with Crippen molar-refractivity contribution in [3.8, 4) is 22.5 Å². The van der Waals surface area contributed by atoms with Crippen LogP contribution in [0.2, 0.25) is 0 Å². The van der Waals surface area contributed by atoms with Crippen molar-refractivity contribution in [1.82, 2.24) is 34.7 Å². The molecule has 0 aliphatic carbocycles. The number of pyridine rings is 1. The lowest BCUT2D eigenvalue weighted by atomic mass is 10.00. The van der Waals surface area contributed by atoms with Gasteiger partial charge in [0.25, 0.3) is 0 Å². The van der Waals surface area contributed by atoms with Crippen molar-refractivity contribution < 1.29 is 0 Å². The number of aromatic nitrogens is 7. The Bertz CT molecular complexity index is 1190. The number of aryl methyl sites for hydroxylation is 2. The first-order valence-corrected chi connectivity index (χ1v) is 11.3. The molecule has 0 saturated carbocycles. The second-order valence-corrected chi connectivity index (χ2v) is 7.99. The van der Waals surface area contributed by atoms with Gasteiger partial charge in [-0.2, -0.15) is 5.21 Å². The average molecular weight is 432 g/mol. The van der Waals surface area contributed by atoms with Crippen LogP contribution in [0.1, 0.15) is 50.8 Å². The standard InChI is InChI=1S/C24H29N7O/c1-3-5-7-21-17-30(14-6-4-2)24(32)31(21)16-20-15-25-13-12-22(20)18-8-10-19(11-9-18)23-26-28-29-27-23/h8-13,15,17H,3-7,14,16H2,1-2H3,(H,26,27,28,29). The molecule has 0 radical (unpaired) electrons. The van der Waals surface area contributed by atoms with Crippen LogP contribution in [-0.2, 0) is 19.5 Å². The number of tetrazole rings is 1. The van der Waals surface area contributed by atoms with E-state index in [1.54, 1.807) is 6.20 Å². The third kappa shape index (κ3) is 4.69. The number of nitrogens with zero attached hydrogens (tertiary/aromatic N) is 6. The number of aromatic amines is 1. The van der Waals surface area contributed by atoms with E-state index in [-0.39, 0.29) is 5.69 Å². The van der Waals surface area contributed by atoms with Crippen molar-refractivity contribution in [2.45, 2.75) is 59.0 Å². The number of H-pyrrole nitrogens is 1. The quantitative estimate of drug-likeness (QED) is 0.408. The Morgan fingerprint density at radius 1 is 1.00 bits per heavy atom. The molecule has 32 heavy (non-hydrogen) atoms. The molecule has 4 aromatic rings. The Labute approximate surface area is 187 Å². The lowest BCUT2D eigenvalue weighted by molar-refractivity contribution is 0.591. The van der Waals surface area contributed by atoms with E-state index in [4.69, 9.17) is 0 Å². The molecule has 0 spiro atoms. The fourth-order valence-corrected chi connectivity index (χ4v) is 3.89. The van der Waals surface area contributed by atoms with Gasteiger partial charge in [0, 0.05) is 36.4 Å². The number of benzene rings is 1. The predicted octanol–water partition coefficient (Wildman–Crippen LogP) is 4.08. The summed E-state index contributed by atoms with van der Waals surface area (Å²) in [6, 6.07) is 10.0. The van der Waals surface area contributed by atoms with Crippen molar-refractivity contribution in [3.63, 3.8) is 0 Å². The van der Waals surface area contributed by atoms with Crippen molar-refractivity contribution in [1.29, 1.82) is 0 Å². The zero-order valence-electron chi connectivity index (χ0n) is 18.7. The van der Waals surface area contributed by atoms with Crippen LogP contribution >= 0.6 is 0 Å². The van der Waals surface area contributed by atoms with Crippen LogP contribution in [-0.4, -0.2) is 34.7 Å². The Morgan fingerprint density at radius 3 is 2.50 bits per heavy atom. The van der Waals surface area contributed by atoms with Gasteiger partial charge in [0.05, 0.1) is 6.54 Å². The second-order valence-electron chi connectivity index (χ2n) is 7.99. The van der Waals surface area contributed by atoms with Gasteiger partial charge in [-0.1, -0.05) is 51.0 Å². The second kappa shape index (κ2) is 10.2. The molecular weight excluding hydrogens is 402 g/mol. The normalized spacial score (nSPS) is 11.2. The lowest BCUT2D eigenvalue weighted by Crippen LogP contribution is -2.26. The molecule has 8 nitrogen and oxygen atoms in total. The first-order chi connectivity index (χ1) is 15.7. The number of hydrogen-bond acceptors (Lipinski definition) is 5. The summed E-state index contributed by atoms with van der Waals surface area (Å²) in [6.07, 6.45) is 10.8. The summed E-state index contributed by atoms with van der Waals surface area (Å²) in [5.41, 5.74) is 5.19. The molecule has 0 fully saturated rings. The van der Waals surface area contributed by atoms with Crippen molar-refractivity contribution in [3.05, 3.63) is 70.7 Å². The maximum Gasteiger partial charge on any atom is 0.328 e. The van der Waals surface area contributed by atoms with E-state index in [0.717, 1.165) is 66.6 Å². The summed E-state index contributed by atoms with van der Waals surface area (Å²) in [6.45, 7) is 5.59. The van der Waals surface area contributed by atoms with Gasteiger partial charge in [-0.05, 0) is 47.2 Å². The molecule has 0 amide bonds. The molecule has 0 aliphatic heterocycles. The maximum atomic E-state index is 13.2. The minimum atomic E-state index is 0.0619. The number of hydrogen-bond donors (Lipinski definition) is 1.